The lowest BCUT2D eigenvalue weighted by atomic mass is 9.90. The number of rotatable bonds is 4. The van der Waals surface area contributed by atoms with Crippen LogP contribution in [0.1, 0.15) is 0 Å². The van der Waals surface area contributed by atoms with Crippen molar-refractivity contribution < 1.29 is 0 Å². The van der Waals surface area contributed by atoms with Crippen molar-refractivity contribution in [3.8, 4) is 44.6 Å². The SMILES string of the molecule is c1ccc2cc(-c3ccc(-c4cc(-c5ccc6ccccc6c5)c5cc(-c6ccc7ccccc7c6)c6ccccc6c5n4)cc3)ccc2c1. The minimum Gasteiger partial charge on any atom is -0.247 e. The summed E-state index contributed by atoms with van der Waals surface area (Å²) in [6.45, 7) is 0. The van der Waals surface area contributed by atoms with Crippen LogP contribution in [0, 0.1) is 0 Å². The van der Waals surface area contributed by atoms with Gasteiger partial charge in [-0.25, -0.2) is 4.98 Å². The van der Waals surface area contributed by atoms with Gasteiger partial charge in [0.1, 0.15) is 0 Å². The molecule has 0 unspecified atom stereocenters. The summed E-state index contributed by atoms with van der Waals surface area (Å²) in [5, 5.41) is 11.0. The van der Waals surface area contributed by atoms with Crippen molar-refractivity contribution in [1.29, 1.82) is 0 Å². The van der Waals surface area contributed by atoms with E-state index in [4.69, 9.17) is 4.98 Å². The van der Waals surface area contributed by atoms with E-state index < -0.39 is 0 Å². The van der Waals surface area contributed by atoms with Crippen molar-refractivity contribution in [3.63, 3.8) is 0 Å². The normalized spacial score (nSPS) is 11.6. The molecule has 0 amide bonds. The highest BCUT2D eigenvalue weighted by Crippen LogP contribution is 2.41. The fourth-order valence-electron chi connectivity index (χ4n) is 7.59. The van der Waals surface area contributed by atoms with Crippen molar-refractivity contribution in [2.45, 2.75) is 0 Å². The first-order valence-electron chi connectivity index (χ1n) is 17.2. The van der Waals surface area contributed by atoms with Crippen LogP contribution in [-0.2, 0) is 0 Å². The van der Waals surface area contributed by atoms with E-state index in [-0.39, 0.29) is 0 Å². The largest absolute Gasteiger partial charge is 0.247 e. The predicted octanol–water partition coefficient (Wildman–Crippen LogP) is 13.5. The summed E-state index contributed by atoms with van der Waals surface area (Å²) in [6, 6.07) is 68.3. The van der Waals surface area contributed by atoms with Gasteiger partial charge in [-0.2, -0.15) is 0 Å². The Labute approximate surface area is 290 Å². The highest BCUT2D eigenvalue weighted by atomic mass is 14.7. The van der Waals surface area contributed by atoms with Gasteiger partial charge in [0.2, 0.25) is 0 Å². The van der Waals surface area contributed by atoms with Crippen molar-refractivity contribution >= 4 is 54.0 Å². The molecule has 0 aliphatic rings. The zero-order chi connectivity index (χ0) is 33.0. The molecule has 232 valence electrons. The molecule has 0 saturated carbocycles. The zero-order valence-corrected chi connectivity index (χ0v) is 27.3. The molecule has 0 N–H and O–H groups in total. The van der Waals surface area contributed by atoms with Gasteiger partial charge in [-0.3, -0.25) is 0 Å². The summed E-state index contributed by atoms with van der Waals surface area (Å²) in [7, 11) is 0. The number of nitrogens with zero attached hydrogens (tertiary/aromatic N) is 1. The van der Waals surface area contributed by atoms with E-state index in [2.05, 4.69) is 188 Å². The zero-order valence-electron chi connectivity index (χ0n) is 27.3. The van der Waals surface area contributed by atoms with Gasteiger partial charge in [0.05, 0.1) is 11.2 Å². The lowest BCUT2D eigenvalue weighted by molar-refractivity contribution is 1.41. The van der Waals surface area contributed by atoms with E-state index in [9.17, 15) is 0 Å². The maximum absolute atomic E-state index is 5.45. The average Bonchev–Trinajstić information content (AvgIpc) is 3.19. The minimum absolute atomic E-state index is 0.967. The minimum atomic E-state index is 0.967. The highest BCUT2D eigenvalue weighted by molar-refractivity contribution is 6.16. The van der Waals surface area contributed by atoms with Gasteiger partial charge in [-0.05, 0) is 101 Å². The third kappa shape index (κ3) is 4.83. The average molecular weight is 634 g/mol. The number of benzene rings is 9. The molecule has 1 aromatic heterocycles. The summed E-state index contributed by atoms with van der Waals surface area (Å²) >= 11 is 0. The molecule has 9 aromatic carbocycles. The second kappa shape index (κ2) is 11.5. The van der Waals surface area contributed by atoms with Gasteiger partial charge in [-0.15, -0.1) is 0 Å². The van der Waals surface area contributed by atoms with E-state index in [1.54, 1.807) is 0 Å². The van der Waals surface area contributed by atoms with Gasteiger partial charge in [-0.1, -0.05) is 158 Å². The van der Waals surface area contributed by atoms with E-state index in [1.165, 1.54) is 71.1 Å². The quantitative estimate of drug-likeness (QED) is 0.176. The van der Waals surface area contributed by atoms with Crippen LogP contribution in [0.25, 0.3) is 98.6 Å². The molecule has 0 aliphatic carbocycles. The number of pyridine rings is 1. The molecule has 10 rings (SSSR count). The molecule has 1 heterocycles. The number of aromatic nitrogens is 1. The topological polar surface area (TPSA) is 12.9 Å². The first-order chi connectivity index (χ1) is 24.7. The van der Waals surface area contributed by atoms with Crippen LogP contribution in [0.15, 0.2) is 188 Å². The first-order valence-corrected chi connectivity index (χ1v) is 17.2. The Balaban J connectivity index is 1.20. The number of hydrogen-bond acceptors (Lipinski definition) is 1. The molecule has 50 heavy (non-hydrogen) atoms. The summed E-state index contributed by atoms with van der Waals surface area (Å²) in [5.74, 6) is 0. The molecular weight excluding hydrogens is 603 g/mol. The van der Waals surface area contributed by atoms with E-state index in [0.29, 0.717) is 0 Å². The Morgan fingerprint density at radius 2 is 0.680 bits per heavy atom. The Morgan fingerprint density at radius 3 is 1.26 bits per heavy atom. The summed E-state index contributed by atoms with van der Waals surface area (Å²) in [5.41, 5.74) is 10.3. The first kappa shape index (κ1) is 28.4. The summed E-state index contributed by atoms with van der Waals surface area (Å²) in [6.07, 6.45) is 0. The van der Waals surface area contributed by atoms with Gasteiger partial charge in [0, 0.05) is 16.3 Å². The second-order valence-electron chi connectivity index (χ2n) is 13.2. The molecule has 1 nitrogen and oxygen atoms in total. The van der Waals surface area contributed by atoms with Crippen LogP contribution < -0.4 is 0 Å². The Morgan fingerprint density at radius 1 is 0.260 bits per heavy atom. The third-order valence-corrected chi connectivity index (χ3v) is 10.2. The Bertz CT molecular complexity index is 2920. The van der Waals surface area contributed by atoms with Crippen LogP contribution >= 0.6 is 0 Å². The third-order valence-electron chi connectivity index (χ3n) is 10.2. The molecular formula is C49H31N. The van der Waals surface area contributed by atoms with Crippen LogP contribution in [0.4, 0.5) is 0 Å². The van der Waals surface area contributed by atoms with Gasteiger partial charge < -0.3 is 0 Å². The van der Waals surface area contributed by atoms with Crippen molar-refractivity contribution in [3.05, 3.63) is 188 Å². The molecule has 0 spiro atoms. The molecule has 1 heteroatoms. The van der Waals surface area contributed by atoms with Crippen molar-refractivity contribution in [2.24, 2.45) is 0 Å². The lowest BCUT2D eigenvalue weighted by Gasteiger charge is -2.16. The molecule has 0 atom stereocenters. The molecule has 0 radical (unpaired) electrons. The fraction of sp³-hybridized carbons (Fsp3) is 0. The fourth-order valence-corrected chi connectivity index (χ4v) is 7.59. The predicted molar refractivity (Wildman–Crippen MR) is 214 cm³/mol. The molecule has 10 aromatic rings. The monoisotopic (exact) mass is 633 g/mol. The van der Waals surface area contributed by atoms with Gasteiger partial charge in [0.25, 0.3) is 0 Å². The van der Waals surface area contributed by atoms with Gasteiger partial charge >= 0.3 is 0 Å². The standard InChI is InChI=1S/C49H31N/c1-4-12-37-27-40(24-19-32(37)9-1)35-17-22-36(23-18-35)48-31-46(42-26-21-34-11-3-6-14-39(34)29-42)47-30-45(43-15-7-8-16-44(43)49(47)50-48)41-25-20-33-10-2-5-13-38(33)28-41/h1-31H. The highest BCUT2D eigenvalue weighted by Gasteiger charge is 2.17. The Hall–Kier alpha value is -6.57. The number of hydrogen-bond donors (Lipinski definition) is 0. The summed E-state index contributed by atoms with van der Waals surface area (Å²) in [4.78, 5) is 5.45. The van der Waals surface area contributed by atoms with Crippen LogP contribution in [0.2, 0.25) is 0 Å². The Kier molecular flexibility index (Phi) is 6.57. The number of fused-ring (bicyclic) bond motifs is 6. The molecule has 0 fully saturated rings. The van der Waals surface area contributed by atoms with E-state index >= 15 is 0 Å². The maximum atomic E-state index is 5.45. The van der Waals surface area contributed by atoms with E-state index in [0.717, 1.165) is 27.5 Å². The lowest BCUT2D eigenvalue weighted by Crippen LogP contribution is -1.93. The molecule has 0 aliphatic heterocycles. The van der Waals surface area contributed by atoms with E-state index in [1.807, 2.05) is 0 Å². The van der Waals surface area contributed by atoms with Crippen molar-refractivity contribution in [2.75, 3.05) is 0 Å². The van der Waals surface area contributed by atoms with Crippen LogP contribution in [-0.4, -0.2) is 4.98 Å². The molecule has 0 saturated heterocycles. The maximum Gasteiger partial charge on any atom is 0.0794 e. The summed E-state index contributed by atoms with van der Waals surface area (Å²) < 4.78 is 0. The van der Waals surface area contributed by atoms with Crippen molar-refractivity contribution in [1.82, 2.24) is 4.98 Å². The second-order valence-corrected chi connectivity index (χ2v) is 13.2. The smallest absolute Gasteiger partial charge is 0.0794 e. The van der Waals surface area contributed by atoms with Gasteiger partial charge in [0.15, 0.2) is 0 Å². The molecule has 0 bridgehead atoms. The van der Waals surface area contributed by atoms with Crippen LogP contribution in [0.3, 0.4) is 0 Å². The van der Waals surface area contributed by atoms with Crippen LogP contribution in [0.5, 0.6) is 0 Å².